The lowest BCUT2D eigenvalue weighted by atomic mass is 10.1. The molecule has 0 amide bonds. The maximum atomic E-state index is 10.6. The van der Waals surface area contributed by atoms with Gasteiger partial charge in [-0.25, -0.2) is 0 Å². The summed E-state index contributed by atoms with van der Waals surface area (Å²) in [6.45, 7) is 10.4. The Hall–Kier alpha value is -1.55. The Labute approximate surface area is 127 Å². The summed E-state index contributed by atoms with van der Waals surface area (Å²) in [5.41, 5.74) is 0.793. The SMILES string of the molecule is CCC(C)CN(CC)CCOc1ccc(CC(=O)O)cc1. The fourth-order valence-electron chi connectivity index (χ4n) is 2.12. The molecule has 1 aromatic rings. The number of rotatable bonds is 10. The van der Waals surface area contributed by atoms with E-state index in [1.54, 1.807) is 12.1 Å². The van der Waals surface area contributed by atoms with Crippen molar-refractivity contribution < 1.29 is 14.6 Å². The minimum Gasteiger partial charge on any atom is -0.492 e. The summed E-state index contributed by atoms with van der Waals surface area (Å²) in [4.78, 5) is 13.0. The lowest BCUT2D eigenvalue weighted by molar-refractivity contribution is -0.136. The molecule has 0 fully saturated rings. The summed E-state index contributed by atoms with van der Waals surface area (Å²) in [6, 6.07) is 7.28. The number of aliphatic carboxylic acids is 1. The van der Waals surface area contributed by atoms with Crippen molar-refractivity contribution in [3.05, 3.63) is 29.8 Å². The largest absolute Gasteiger partial charge is 0.492 e. The van der Waals surface area contributed by atoms with Crippen molar-refractivity contribution in [2.45, 2.75) is 33.6 Å². The third kappa shape index (κ3) is 7.14. The molecule has 21 heavy (non-hydrogen) atoms. The maximum absolute atomic E-state index is 10.6. The van der Waals surface area contributed by atoms with Crippen LogP contribution in [-0.4, -0.2) is 42.2 Å². The van der Waals surface area contributed by atoms with E-state index in [0.717, 1.165) is 30.9 Å². The van der Waals surface area contributed by atoms with Gasteiger partial charge in [-0.05, 0) is 30.2 Å². The van der Waals surface area contributed by atoms with Gasteiger partial charge in [0.15, 0.2) is 0 Å². The molecule has 1 rings (SSSR count). The molecule has 0 bridgehead atoms. The molecule has 0 aliphatic carbocycles. The van der Waals surface area contributed by atoms with E-state index in [-0.39, 0.29) is 6.42 Å². The van der Waals surface area contributed by atoms with Crippen LogP contribution in [0.2, 0.25) is 0 Å². The number of carboxylic acids is 1. The molecule has 4 nitrogen and oxygen atoms in total. The van der Waals surface area contributed by atoms with Crippen LogP contribution in [0.3, 0.4) is 0 Å². The van der Waals surface area contributed by atoms with Gasteiger partial charge < -0.3 is 9.84 Å². The summed E-state index contributed by atoms with van der Waals surface area (Å²) in [6.07, 6.45) is 1.25. The first kappa shape index (κ1) is 17.5. The van der Waals surface area contributed by atoms with E-state index in [1.807, 2.05) is 12.1 Å². The number of ether oxygens (including phenoxy) is 1. The van der Waals surface area contributed by atoms with Gasteiger partial charge in [-0.2, -0.15) is 0 Å². The summed E-state index contributed by atoms with van der Waals surface area (Å²) >= 11 is 0. The molecule has 0 saturated carbocycles. The molecule has 1 aromatic carbocycles. The monoisotopic (exact) mass is 293 g/mol. The smallest absolute Gasteiger partial charge is 0.307 e. The standard InChI is InChI=1S/C17H27NO3/c1-4-14(3)13-18(5-2)10-11-21-16-8-6-15(7-9-16)12-17(19)20/h6-9,14H,4-5,10-13H2,1-3H3,(H,19,20). The van der Waals surface area contributed by atoms with Gasteiger partial charge in [0.25, 0.3) is 0 Å². The van der Waals surface area contributed by atoms with Crippen LogP contribution in [0.5, 0.6) is 5.75 Å². The Morgan fingerprint density at radius 2 is 1.95 bits per heavy atom. The van der Waals surface area contributed by atoms with Crippen molar-refractivity contribution in [2.75, 3.05) is 26.2 Å². The van der Waals surface area contributed by atoms with Crippen LogP contribution in [0.4, 0.5) is 0 Å². The van der Waals surface area contributed by atoms with Crippen LogP contribution in [0.15, 0.2) is 24.3 Å². The fraction of sp³-hybridized carbons (Fsp3) is 0.588. The number of hydrogen-bond donors (Lipinski definition) is 1. The number of carboxylic acid groups (broad SMARTS) is 1. The van der Waals surface area contributed by atoms with Crippen LogP contribution >= 0.6 is 0 Å². The fourth-order valence-corrected chi connectivity index (χ4v) is 2.12. The van der Waals surface area contributed by atoms with E-state index >= 15 is 0 Å². The Morgan fingerprint density at radius 3 is 2.48 bits per heavy atom. The zero-order valence-corrected chi connectivity index (χ0v) is 13.3. The van der Waals surface area contributed by atoms with Crippen molar-refractivity contribution >= 4 is 5.97 Å². The molecule has 0 radical (unpaired) electrons. The summed E-state index contributed by atoms with van der Waals surface area (Å²) < 4.78 is 5.72. The van der Waals surface area contributed by atoms with E-state index < -0.39 is 5.97 Å². The molecular formula is C17H27NO3. The van der Waals surface area contributed by atoms with Crippen LogP contribution < -0.4 is 4.74 Å². The van der Waals surface area contributed by atoms with Gasteiger partial charge >= 0.3 is 5.97 Å². The van der Waals surface area contributed by atoms with E-state index in [0.29, 0.717) is 12.5 Å². The Kier molecular flexibility index (Phi) is 7.83. The van der Waals surface area contributed by atoms with Gasteiger partial charge in [-0.15, -0.1) is 0 Å². The lowest BCUT2D eigenvalue weighted by Crippen LogP contribution is -2.32. The summed E-state index contributed by atoms with van der Waals surface area (Å²) in [5, 5.41) is 8.72. The second-order valence-corrected chi connectivity index (χ2v) is 5.47. The lowest BCUT2D eigenvalue weighted by Gasteiger charge is -2.23. The normalized spacial score (nSPS) is 12.4. The third-order valence-electron chi connectivity index (χ3n) is 3.67. The van der Waals surface area contributed by atoms with Crippen LogP contribution in [0.1, 0.15) is 32.8 Å². The molecule has 0 aliphatic rings. The summed E-state index contributed by atoms with van der Waals surface area (Å²) in [5.74, 6) is 0.691. The number of hydrogen-bond acceptors (Lipinski definition) is 3. The molecule has 0 saturated heterocycles. The average molecular weight is 293 g/mol. The van der Waals surface area contributed by atoms with E-state index in [2.05, 4.69) is 25.7 Å². The van der Waals surface area contributed by atoms with Gasteiger partial charge in [0, 0.05) is 13.1 Å². The molecule has 0 aromatic heterocycles. The van der Waals surface area contributed by atoms with Crippen molar-refractivity contribution in [3.8, 4) is 5.75 Å². The Morgan fingerprint density at radius 1 is 1.29 bits per heavy atom. The second kappa shape index (κ2) is 9.40. The van der Waals surface area contributed by atoms with Crippen LogP contribution in [0.25, 0.3) is 0 Å². The highest BCUT2D eigenvalue weighted by Gasteiger charge is 2.07. The van der Waals surface area contributed by atoms with Crippen LogP contribution in [-0.2, 0) is 11.2 Å². The molecule has 1 atom stereocenters. The Bertz CT molecular complexity index is 417. The Balaban J connectivity index is 2.35. The molecule has 1 unspecified atom stereocenters. The maximum Gasteiger partial charge on any atom is 0.307 e. The quantitative estimate of drug-likeness (QED) is 0.720. The molecule has 4 heteroatoms. The van der Waals surface area contributed by atoms with Gasteiger partial charge in [-0.3, -0.25) is 9.69 Å². The topological polar surface area (TPSA) is 49.8 Å². The zero-order chi connectivity index (χ0) is 15.7. The van der Waals surface area contributed by atoms with Crippen LogP contribution in [0, 0.1) is 5.92 Å². The highest BCUT2D eigenvalue weighted by molar-refractivity contribution is 5.70. The van der Waals surface area contributed by atoms with E-state index in [9.17, 15) is 4.79 Å². The molecule has 118 valence electrons. The first-order chi connectivity index (χ1) is 10.0. The zero-order valence-electron chi connectivity index (χ0n) is 13.3. The second-order valence-electron chi connectivity index (χ2n) is 5.47. The molecule has 0 aliphatic heterocycles. The van der Waals surface area contributed by atoms with Gasteiger partial charge in [-0.1, -0.05) is 39.3 Å². The number of benzene rings is 1. The van der Waals surface area contributed by atoms with E-state index in [1.165, 1.54) is 6.42 Å². The highest BCUT2D eigenvalue weighted by Crippen LogP contribution is 2.13. The predicted octanol–water partition coefficient (Wildman–Crippen LogP) is 3.06. The van der Waals surface area contributed by atoms with E-state index in [4.69, 9.17) is 9.84 Å². The minimum atomic E-state index is -0.813. The summed E-state index contributed by atoms with van der Waals surface area (Å²) in [7, 11) is 0. The van der Waals surface area contributed by atoms with Gasteiger partial charge in [0.1, 0.15) is 12.4 Å². The highest BCUT2D eigenvalue weighted by atomic mass is 16.5. The van der Waals surface area contributed by atoms with Gasteiger partial charge in [0.2, 0.25) is 0 Å². The average Bonchev–Trinajstić information content (AvgIpc) is 2.47. The molecule has 1 N–H and O–H groups in total. The van der Waals surface area contributed by atoms with Gasteiger partial charge in [0.05, 0.1) is 6.42 Å². The first-order valence-corrected chi connectivity index (χ1v) is 7.71. The molecule has 0 heterocycles. The van der Waals surface area contributed by atoms with Crippen molar-refractivity contribution in [2.24, 2.45) is 5.92 Å². The first-order valence-electron chi connectivity index (χ1n) is 7.71. The predicted molar refractivity (Wildman–Crippen MR) is 84.8 cm³/mol. The number of carbonyl (C=O) groups is 1. The molecular weight excluding hydrogens is 266 g/mol. The molecule has 0 spiro atoms. The van der Waals surface area contributed by atoms with Crippen molar-refractivity contribution in [3.63, 3.8) is 0 Å². The minimum absolute atomic E-state index is 0.0544. The van der Waals surface area contributed by atoms with Crippen molar-refractivity contribution in [1.29, 1.82) is 0 Å². The number of nitrogens with zero attached hydrogens (tertiary/aromatic N) is 1. The van der Waals surface area contributed by atoms with Crippen molar-refractivity contribution in [1.82, 2.24) is 4.90 Å². The third-order valence-corrected chi connectivity index (χ3v) is 3.67. The number of likely N-dealkylation sites (N-methyl/N-ethyl adjacent to an activating group) is 1.